The number of nitrogens with zero attached hydrogens (tertiary/aromatic N) is 2. The van der Waals surface area contributed by atoms with Crippen LogP contribution in [0.15, 0.2) is 60.0 Å². The van der Waals surface area contributed by atoms with E-state index in [9.17, 15) is 37.1 Å². The monoisotopic (exact) mass is 777 g/mol. The first-order chi connectivity index (χ1) is 25.5. The van der Waals surface area contributed by atoms with E-state index >= 15 is 8.78 Å². The Morgan fingerprint density at radius 2 is 1.54 bits per heavy atom. The summed E-state index contributed by atoms with van der Waals surface area (Å²) in [7, 11) is 2.38. The lowest BCUT2D eigenvalue weighted by atomic mass is 9.87. The first-order valence-electron chi connectivity index (χ1n) is 15.9. The second-order valence-corrected chi connectivity index (χ2v) is 12.4. The molecule has 2 heterocycles. The predicted molar refractivity (Wildman–Crippen MR) is 183 cm³/mol. The number of benzene rings is 2. The number of anilines is 1. The number of aryl methyl sites for hydroxylation is 1. The summed E-state index contributed by atoms with van der Waals surface area (Å²) >= 11 is 0.929. The van der Waals surface area contributed by atoms with E-state index < -0.39 is 99.1 Å². The van der Waals surface area contributed by atoms with Crippen LogP contribution < -0.4 is 10.1 Å². The minimum absolute atomic E-state index is 0.0531. The minimum atomic E-state index is -4.84. The van der Waals surface area contributed by atoms with Gasteiger partial charge in [-0.25, -0.2) is 13.6 Å². The first-order valence-corrected chi connectivity index (χ1v) is 16.8. The van der Waals surface area contributed by atoms with Crippen LogP contribution in [0, 0.1) is 18.6 Å². The highest BCUT2D eigenvalue weighted by molar-refractivity contribution is 7.10. The highest BCUT2D eigenvalue weighted by Crippen LogP contribution is 2.39. The Balaban J connectivity index is 1.72. The zero-order valence-electron chi connectivity index (χ0n) is 29.3. The van der Waals surface area contributed by atoms with Gasteiger partial charge in [0.05, 0.1) is 35.7 Å². The molecule has 1 N–H and O–H groups in total. The third kappa shape index (κ3) is 8.48. The number of nitrogens with one attached hydrogen (secondary N) is 1. The van der Waals surface area contributed by atoms with Crippen molar-refractivity contribution in [1.82, 2.24) is 9.88 Å². The van der Waals surface area contributed by atoms with E-state index in [0.717, 1.165) is 40.5 Å². The van der Waals surface area contributed by atoms with Crippen molar-refractivity contribution < 1.29 is 64.9 Å². The molecule has 0 radical (unpaired) electrons. The van der Waals surface area contributed by atoms with Crippen molar-refractivity contribution in [2.45, 2.75) is 32.4 Å². The second kappa shape index (κ2) is 16.8. The minimum Gasteiger partial charge on any atom is -0.465 e. The molecule has 0 fully saturated rings. The molecule has 0 saturated heterocycles. The van der Waals surface area contributed by atoms with E-state index in [1.54, 1.807) is 0 Å². The summed E-state index contributed by atoms with van der Waals surface area (Å²) in [5, 5.41) is 3.68. The molecule has 4 aromatic rings. The number of carbonyl (C=O) groups is 5. The third-order valence-electron chi connectivity index (χ3n) is 7.59. The van der Waals surface area contributed by atoms with Gasteiger partial charge in [0.25, 0.3) is 11.8 Å². The lowest BCUT2D eigenvalue weighted by Crippen LogP contribution is -2.50. The van der Waals surface area contributed by atoms with Crippen LogP contribution in [0.25, 0.3) is 11.3 Å². The molecule has 0 aliphatic heterocycles. The van der Waals surface area contributed by atoms with Crippen molar-refractivity contribution in [2.75, 3.05) is 39.2 Å². The Bertz CT molecular complexity index is 2050. The zero-order valence-corrected chi connectivity index (χ0v) is 30.1. The van der Waals surface area contributed by atoms with Gasteiger partial charge in [0.2, 0.25) is 11.2 Å². The van der Waals surface area contributed by atoms with Crippen LogP contribution in [0.4, 0.5) is 32.4 Å². The Labute approximate surface area is 308 Å². The van der Waals surface area contributed by atoms with Gasteiger partial charge in [-0.2, -0.15) is 13.2 Å². The lowest BCUT2D eigenvalue weighted by Gasteiger charge is -2.27. The molecule has 18 heteroatoms. The average molecular weight is 778 g/mol. The zero-order chi connectivity index (χ0) is 40.0. The number of ether oxygens (including phenoxy) is 4. The molecule has 2 amide bonds. The van der Waals surface area contributed by atoms with Gasteiger partial charge in [-0.3, -0.25) is 24.2 Å². The number of amides is 2. The van der Waals surface area contributed by atoms with E-state index in [2.05, 4.69) is 10.3 Å². The van der Waals surface area contributed by atoms with Gasteiger partial charge in [0.15, 0.2) is 11.6 Å². The van der Waals surface area contributed by atoms with Gasteiger partial charge in [-0.15, -0.1) is 11.3 Å². The number of pyridine rings is 1. The van der Waals surface area contributed by atoms with E-state index in [-0.39, 0.29) is 23.8 Å². The molecule has 54 heavy (non-hydrogen) atoms. The van der Waals surface area contributed by atoms with E-state index in [4.69, 9.17) is 18.9 Å². The van der Waals surface area contributed by atoms with Crippen LogP contribution in [-0.2, 0) is 35.4 Å². The van der Waals surface area contributed by atoms with Gasteiger partial charge in [0.1, 0.15) is 12.2 Å². The Morgan fingerprint density at radius 3 is 2.11 bits per heavy atom. The average Bonchev–Trinajstić information content (AvgIpc) is 3.65. The van der Waals surface area contributed by atoms with Crippen LogP contribution in [0.2, 0.25) is 0 Å². The van der Waals surface area contributed by atoms with E-state index in [1.807, 2.05) is 0 Å². The number of halogens is 5. The molecule has 0 unspecified atom stereocenters. The standard InChI is InChI=1S/C36H32F5N3O9S/c1-6-50-32(47)35(33(48)51-7-2,25-13-10-16-54-25)18-52-34(49)53-29-23(37)17-24(26(27(29)38)31(46)44(4)5)43-30(45)21-15-14-19(3)42-28(21)20-11-8-9-12-22(20)36(39,40)41/h8-17H,6-7,18H2,1-5H3,(H,43,45). The summed E-state index contributed by atoms with van der Waals surface area (Å²) in [5.41, 5.74) is -6.32. The van der Waals surface area contributed by atoms with Gasteiger partial charge < -0.3 is 29.2 Å². The third-order valence-corrected chi connectivity index (χ3v) is 8.62. The highest BCUT2D eigenvalue weighted by atomic mass is 32.1. The number of hydrogen-bond donors (Lipinski definition) is 1. The lowest BCUT2D eigenvalue weighted by molar-refractivity contribution is -0.167. The van der Waals surface area contributed by atoms with Crippen molar-refractivity contribution >= 4 is 46.9 Å². The largest absolute Gasteiger partial charge is 0.514 e. The molecule has 286 valence electrons. The number of rotatable bonds is 12. The number of aromatic nitrogens is 1. The van der Waals surface area contributed by atoms with Crippen LogP contribution in [0.3, 0.4) is 0 Å². The fourth-order valence-corrected chi connectivity index (χ4v) is 5.97. The van der Waals surface area contributed by atoms with Crippen LogP contribution >= 0.6 is 11.3 Å². The van der Waals surface area contributed by atoms with Crippen molar-refractivity contribution in [3.63, 3.8) is 0 Å². The van der Waals surface area contributed by atoms with Gasteiger partial charge >= 0.3 is 24.3 Å². The number of alkyl halides is 3. The van der Waals surface area contributed by atoms with E-state index in [1.165, 1.54) is 64.5 Å². The highest BCUT2D eigenvalue weighted by Gasteiger charge is 2.53. The molecule has 0 atom stereocenters. The fourth-order valence-electron chi connectivity index (χ4n) is 5.08. The van der Waals surface area contributed by atoms with Crippen LogP contribution in [0.5, 0.6) is 5.75 Å². The molecule has 4 rings (SSSR count). The quantitative estimate of drug-likeness (QED) is 0.0527. The normalized spacial score (nSPS) is 11.4. The molecule has 0 spiro atoms. The summed E-state index contributed by atoms with van der Waals surface area (Å²) in [6.45, 7) is 2.95. The molecule has 0 aliphatic rings. The maximum absolute atomic E-state index is 16.1. The van der Waals surface area contributed by atoms with E-state index in [0.29, 0.717) is 6.07 Å². The summed E-state index contributed by atoms with van der Waals surface area (Å²) < 4.78 is 93.4. The number of hydrogen-bond acceptors (Lipinski definition) is 11. The molecular formula is C36H32F5N3O9S. The smallest absolute Gasteiger partial charge is 0.465 e. The summed E-state index contributed by atoms with van der Waals surface area (Å²) in [4.78, 5) is 71.1. The number of thiophene rings is 1. The van der Waals surface area contributed by atoms with Gasteiger partial charge in [0, 0.05) is 36.3 Å². The first kappa shape index (κ1) is 40.9. The van der Waals surface area contributed by atoms with Crippen molar-refractivity contribution in [3.05, 3.63) is 98.9 Å². The molecule has 2 aromatic carbocycles. The van der Waals surface area contributed by atoms with Crippen molar-refractivity contribution in [3.8, 4) is 17.0 Å². The van der Waals surface area contributed by atoms with Crippen molar-refractivity contribution in [2.24, 2.45) is 0 Å². The van der Waals surface area contributed by atoms with Gasteiger partial charge in [-0.05, 0) is 50.4 Å². The maximum atomic E-state index is 16.1. The number of esters is 2. The Kier molecular flexibility index (Phi) is 12.7. The molecule has 12 nitrogen and oxygen atoms in total. The predicted octanol–water partition coefficient (Wildman–Crippen LogP) is 6.95. The summed E-state index contributed by atoms with van der Waals surface area (Å²) in [5.74, 6) is -9.54. The SMILES string of the molecule is CCOC(=O)C(COC(=O)Oc1c(F)cc(NC(=O)c2ccc(C)nc2-c2ccccc2C(F)(F)F)c(C(=O)N(C)C)c1F)(C(=O)OCC)c1cccs1. The summed E-state index contributed by atoms with van der Waals surface area (Å²) in [6, 6.07) is 10.1. The van der Waals surface area contributed by atoms with Crippen molar-refractivity contribution in [1.29, 1.82) is 0 Å². The second-order valence-electron chi connectivity index (χ2n) is 11.4. The Morgan fingerprint density at radius 1 is 0.889 bits per heavy atom. The van der Waals surface area contributed by atoms with Crippen LogP contribution in [-0.4, -0.2) is 73.7 Å². The topological polar surface area (TPSA) is 150 Å². The summed E-state index contributed by atoms with van der Waals surface area (Å²) in [6.07, 6.45) is -6.66. The van der Waals surface area contributed by atoms with Gasteiger partial charge in [-0.1, -0.05) is 24.3 Å². The fraction of sp³-hybridized carbons (Fsp3) is 0.278. The molecular weight excluding hydrogens is 745 g/mol. The maximum Gasteiger partial charge on any atom is 0.514 e. The number of carbonyl (C=O) groups excluding carboxylic acids is 5. The van der Waals surface area contributed by atoms with Crippen LogP contribution in [0.1, 0.15) is 50.7 Å². The molecule has 2 aromatic heterocycles. The molecule has 0 saturated carbocycles. The Hall–Kier alpha value is -5.91. The molecule has 0 bridgehead atoms. The molecule has 0 aliphatic carbocycles.